The van der Waals surface area contributed by atoms with Crippen molar-refractivity contribution in [2.75, 3.05) is 0 Å². The molecule has 0 spiro atoms. The third kappa shape index (κ3) is 2.92. The minimum absolute atomic E-state index is 0.139. The van der Waals surface area contributed by atoms with Crippen molar-refractivity contribution in [2.45, 2.75) is 58.8 Å². The van der Waals surface area contributed by atoms with Crippen LogP contribution in [0.1, 0.15) is 64.0 Å². The zero-order valence-electron chi connectivity index (χ0n) is 12.9. The quantitative estimate of drug-likeness (QED) is 0.765. The van der Waals surface area contributed by atoms with Gasteiger partial charge in [0.2, 0.25) is 5.91 Å². The summed E-state index contributed by atoms with van der Waals surface area (Å²) in [6.07, 6.45) is 3.77. The minimum atomic E-state index is -0.139. The molecule has 1 heterocycles. The minimum Gasteiger partial charge on any atom is -0.274 e. The number of carbonyl (C=O) groups is 1. The van der Waals surface area contributed by atoms with E-state index < -0.39 is 0 Å². The van der Waals surface area contributed by atoms with Crippen molar-refractivity contribution >= 4 is 16.9 Å². The highest BCUT2D eigenvalue weighted by molar-refractivity contribution is 5.91. The maximum atomic E-state index is 12.6. The van der Waals surface area contributed by atoms with Gasteiger partial charge in [-0.1, -0.05) is 52.7 Å². The maximum absolute atomic E-state index is 12.6. The second-order valence-corrected chi connectivity index (χ2v) is 6.36. The van der Waals surface area contributed by atoms with Crippen LogP contribution in [-0.2, 0) is 5.41 Å². The van der Waals surface area contributed by atoms with E-state index in [-0.39, 0.29) is 11.3 Å². The summed E-state index contributed by atoms with van der Waals surface area (Å²) in [5.41, 5.74) is 1.69. The zero-order valence-corrected chi connectivity index (χ0v) is 12.9. The number of hydrogen-bond donors (Lipinski definition) is 0. The Balaban J connectivity index is 2.46. The Kier molecular flexibility index (Phi) is 4.26. The molecule has 0 radical (unpaired) electrons. The van der Waals surface area contributed by atoms with E-state index in [9.17, 15) is 4.79 Å². The number of nitrogens with zero attached hydrogens (tertiary/aromatic N) is 2. The molecule has 0 N–H and O–H groups in total. The highest BCUT2D eigenvalue weighted by atomic mass is 16.2. The molecule has 2 rings (SSSR count). The SMILES string of the molecule is CCCCCC(=O)n1c(C(C)(C)C)nc2ccccc21. The summed E-state index contributed by atoms with van der Waals surface area (Å²) < 4.78 is 1.82. The third-order valence-corrected chi connectivity index (χ3v) is 3.48. The number of carbonyl (C=O) groups excluding carboxylic acids is 1. The average Bonchev–Trinajstić information content (AvgIpc) is 2.78. The number of rotatable bonds is 4. The largest absolute Gasteiger partial charge is 0.274 e. The molecule has 2 aromatic rings. The predicted molar refractivity (Wildman–Crippen MR) is 83.2 cm³/mol. The Morgan fingerprint density at radius 2 is 1.90 bits per heavy atom. The second-order valence-electron chi connectivity index (χ2n) is 6.36. The van der Waals surface area contributed by atoms with Gasteiger partial charge in [0.05, 0.1) is 11.0 Å². The molecule has 1 aromatic carbocycles. The monoisotopic (exact) mass is 272 g/mol. The molecule has 0 unspecified atom stereocenters. The normalized spacial score (nSPS) is 12.0. The van der Waals surface area contributed by atoms with Crippen LogP contribution in [-0.4, -0.2) is 15.5 Å². The van der Waals surface area contributed by atoms with Crippen LogP contribution in [0.2, 0.25) is 0 Å². The van der Waals surface area contributed by atoms with Gasteiger partial charge in [0, 0.05) is 11.8 Å². The molecule has 108 valence electrons. The molecule has 0 saturated carbocycles. The van der Waals surface area contributed by atoms with Gasteiger partial charge >= 0.3 is 0 Å². The van der Waals surface area contributed by atoms with E-state index in [0.29, 0.717) is 6.42 Å². The highest BCUT2D eigenvalue weighted by Gasteiger charge is 2.25. The van der Waals surface area contributed by atoms with E-state index in [2.05, 4.69) is 32.7 Å². The second kappa shape index (κ2) is 5.78. The van der Waals surface area contributed by atoms with Crippen LogP contribution in [0.5, 0.6) is 0 Å². The van der Waals surface area contributed by atoms with Gasteiger partial charge in [-0.2, -0.15) is 0 Å². The first kappa shape index (κ1) is 14.8. The molecular weight excluding hydrogens is 248 g/mol. The molecule has 0 aliphatic heterocycles. The lowest BCUT2D eigenvalue weighted by Gasteiger charge is -2.19. The van der Waals surface area contributed by atoms with Gasteiger partial charge in [0.15, 0.2) is 0 Å². The van der Waals surface area contributed by atoms with Crippen molar-refractivity contribution in [1.82, 2.24) is 9.55 Å². The Morgan fingerprint density at radius 1 is 1.20 bits per heavy atom. The topological polar surface area (TPSA) is 34.9 Å². The highest BCUT2D eigenvalue weighted by Crippen LogP contribution is 2.26. The number of benzene rings is 1. The van der Waals surface area contributed by atoms with Gasteiger partial charge in [-0.25, -0.2) is 4.98 Å². The summed E-state index contributed by atoms with van der Waals surface area (Å²) >= 11 is 0. The standard InChI is InChI=1S/C17H24N2O/c1-5-6-7-12-15(20)19-14-11-9-8-10-13(14)18-16(19)17(2,3)4/h8-11H,5-7,12H2,1-4H3. The van der Waals surface area contributed by atoms with Gasteiger partial charge in [-0.3, -0.25) is 9.36 Å². The molecule has 3 heteroatoms. The van der Waals surface area contributed by atoms with Gasteiger partial charge in [0.1, 0.15) is 5.82 Å². The molecule has 0 saturated heterocycles. The molecule has 0 atom stereocenters. The lowest BCUT2D eigenvalue weighted by molar-refractivity contribution is 0.0896. The summed E-state index contributed by atoms with van der Waals surface area (Å²) in [5, 5.41) is 0. The van der Waals surface area contributed by atoms with Crippen LogP contribution in [0, 0.1) is 0 Å². The number of imidazole rings is 1. The lowest BCUT2D eigenvalue weighted by Crippen LogP contribution is -2.23. The fourth-order valence-electron chi connectivity index (χ4n) is 2.42. The number of fused-ring (bicyclic) bond motifs is 1. The fourth-order valence-corrected chi connectivity index (χ4v) is 2.42. The van der Waals surface area contributed by atoms with Crippen LogP contribution in [0.15, 0.2) is 24.3 Å². The number of unbranched alkanes of at least 4 members (excludes halogenated alkanes) is 2. The number of para-hydroxylation sites is 2. The molecule has 1 aromatic heterocycles. The first-order chi connectivity index (χ1) is 9.45. The van der Waals surface area contributed by atoms with E-state index >= 15 is 0 Å². The van der Waals surface area contributed by atoms with Crippen LogP contribution < -0.4 is 0 Å². The van der Waals surface area contributed by atoms with Crippen molar-refractivity contribution in [1.29, 1.82) is 0 Å². The van der Waals surface area contributed by atoms with Crippen molar-refractivity contribution in [3.8, 4) is 0 Å². The number of hydrogen-bond acceptors (Lipinski definition) is 2. The Labute approximate surface area is 121 Å². The van der Waals surface area contributed by atoms with Gasteiger partial charge in [-0.15, -0.1) is 0 Å². The molecule has 20 heavy (non-hydrogen) atoms. The van der Waals surface area contributed by atoms with Crippen molar-refractivity contribution in [2.24, 2.45) is 0 Å². The Bertz CT molecular complexity index is 605. The molecule has 0 fully saturated rings. The molecular formula is C17H24N2O. The first-order valence-electron chi connectivity index (χ1n) is 7.46. The van der Waals surface area contributed by atoms with Gasteiger partial charge in [0.25, 0.3) is 0 Å². The average molecular weight is 272 g/mol. The van der Waals surface area contributed by atoms with Gasteiger partial charge in [-0.05, 0) is 18.6 Å². The first-order valence-corrected chi connectivity index (χ1v) is 7.46. The van der Waals surface area contributed by atoms with Crippen molar-refractivity contribution < 1.29 is 4.79 Å². The summed E-state index contributed by atoms with van der Waals surface area (Å²) in [6.45, 7) is 8.45. The molecule has 3 nitrogen and oxygen atoms in total. The molecule has 0 aliphatic rings. The summed E-state index contributed by atoms with van der Waals surface area (Å²) in [6, 6.07) is 7.88. The zero-order chi connectivity index (χ0) is 14.8. The van der Waals surface area contributed by atoms with Gasteiger partial charge < -0.3 is 0 Å². The molecule has 0 amide bonds. The third-order valence-electron chi connectivity index (χ3n) is 3.48. The van der Waals surface area contributed by atoms with Crippen LogP contribution in [0.3, 0.4) is 0 Å². The summed E-state index contributed by atoms with van der Waals surface area (Å²) in [7, 11) is 0. The lowest BCUT2D eigenvalue weighted by atomic mass is 9.95. The Morgan fingerprint density at radius 3 is 2.55 bits per heavy atom. The van der Waals surface area contributed by atoms with Crippen LogP contribution >= 0.6 is 0 Å². The summed E-state index contributed by atoms with van der Waals surface area (Å²) in [5.74, 6) is 1.03. The van der Waals surface area contributed by atoms with Crippen LogP contribution in [0.4, 0.5) is 0 Å². The number of aromatic nitrogens is 2. The van der Waals surface area contributed by atoms with E-state index in [4.69, 9.17) is 0 Å². The predicted octanol–water partition coefficient (Wildman–Crippen LogP) is 4.55. The van der Waals surface area contributed by atoms with Crippen LogP contribution in [0.25, 0.3) is 11.0 Å². The van der Waals surface area contributed by atoms with E-state index in [1.807, 2.05) is 28.8 Å². The van der Waals surface area contributed by atoms with Crippen molar-refractivity contribution in [3.05, 3.63) is 30.1 Å². The smallest absolute Gasteiger partial charge is 0.232 e. The Hall–Kier alpha value is -1.64. The fraction of sp³-hybridized carbons (Fsp3) is 0.529. The maximum Gasteiger partial charge on any atom is 0.232 e. The van der Waals surface area contributed by atoms with E-state index in [1.54, 1.807) is 0 Å². The van der Waals surface area contributed by atoms with Crippen molar-refractivity contribution in [3.63, 3.8) is 0 Å². The summed E-state index contributed by atoms with van der Waals surface area (Å²) in [4.78, 5) is 17.3. The molecule has 0 aliphatic carbocycles. The van der Waals surface area contributed by atoms with E-state index in [0.717, 1.165) is 36.1 Å². The van der Waals surface area contributed by atoms with E-state index in [1.165, 1.54) is 0 Å². The molecule has 0 bridgehead atoms.